The predicted octanol–water partition coefficient (Wildman–Crippen LogP) is 4.30. The normalized spacial score (nSPS) is 11.6. The van der Waals surface area contributed by atoms with Crippen molar-refractivity contribution < 1.29 is 9.59 Å². The average Bonchev–Trinajstić information content (AvgIpc) is 2.64. The Morgan fingerprint density at radius 3 is 2.12 bits per heavy atom. The summed E-state index contributed by atoms with van der Waals surface area (Å²) >= 11 is 0. The largest absolute Gasteiger partial charge is 0.339 e. The standard InChI is InChI=1S/C21H26N2O2/c1-4-23(5-2)21(25)18-11-13-19(14-12-18)22-20(24)15-16(3)17-9-7-6-8-10-17/h6-14,16H,4-5,15H2,1-3H3,(H,22,24). The molecule has 0 saturated carbocycles. The van der Waals surface area contributed by atoms with Crippen molar-refractivity contribution in [2.75, 3.05) is 18.4 Å². The maximum absolute atomic E-state index is 12.3. The fraction of sp³-hybridized carbons (Fsp3) is 0.333. The fourth-order valence-corrected chi connectivity index (χ4v) is 2.78. The minimum Gasteiger partial charge on any atom is -0.339 e. The maximum atomic E-state index is 12.3. The summed E-state index contributed by atoms with van der Waals surface area (Å²) in [5.41, 5.74) is 2.50. The van der Waals surface area contributed by atoms with Crippen LogP contribution in [-0.4, -0.2) is 29.8 Å². The van der Waals surface area contributed by atoms with Gasteiger partial charge in [0.05, 0.1) is 0 Å². The summed E-state index contributed by atoms with van der Waals surface area (Å²) in [6, 6.07) is 17.1. The van der Waals surface area contributed by atoms with E-state index in [1.54, 1.807) is 29.2 Å². The van der Waals surface area contributed by atoms with Gasteiger partial charge in [0, 0.05) is 30.8 Å². The van der Waals surface area contributed by atoms with E-state index in [9.17, 15) is 9.59 Å². The van der Waals surface area contributed by atoms with Crippen molar-refractivity contribution >= 4 is 17.5 Å². The number of anilines is 1. The van der Waals surface area contributed by atoms with Crippen LogP contribution in [0.5, 0.6) is 0 Å². The second-order valence-corrected chi connectivity index (χ2v) is 6.12. The minimum absolute atomic E-state index is 0.0144. The van der Waals surface area contributed by atoms with Gasteiger partial charge in [-0.25, -0.2) is 0 Å². The zero-order valence-electron chi connectivity index (χ0n) is 15.2. The molecule has 2 rings (SSSR count). The maximum Gasteiger partial charge on any atom is 0.253 e. The van der Waals surface area contributed by atoms with Gasteiger partial charge in [-0.3, -0.25) is 9.59 Å². The number of hydrogen-bond acceptors (Lipinski definition) is 2. The Balaban J connectivity index is 1.94. The molecule has 4 nitrogen and oxygen atoms in total. The smallest absolute Gasteiger partial charge is 0.253 e. The molecule has 0 aliphatic heterocycles. The van der Waals surface area contributed by atoms with Crippen molar-refractivity contribution in [1.29, 1.82) is 0 Å². The molecule has 2 amide bonds. The first kappa shape index (κ1) is 18.7. The monoisotopic (exact) mass is 338 g/mol. The Bertz CT molecular complexity index is 692. The van der Waals surface area contributed by atoms with Crippen LogP contribution >= 0.6 is 0 Å². The molecule has 0 saturated heterocycles. The quantitative estimate of drug-likeness (QED) is 0.818. The molecule has 1 N–H and O–H groups in total. The lowest BCUT2D eigenvalue weighted by molar-refractivity contribution is -0.116. The van der Waals surface area contributed by atoms with Gasteiger partial charge < -0.3 is 10.2 Å². The van der Waals surface area contributed by atoms with Crippen molar-refractivity contribution in [3.8, 4) is 0 Å². The SMILES string of the molecule is CCN(CC)C(=O)c1ccc(NC(=O)CC(C)c2ccccc2)cc1. The van der Waals surface area contributed by atoms with E-state index in [2.05, 4.69) is 5.32 Å². The molecule has 0 fully saturated rings. The predicted molar refractivity (Wildman–Crippen MR) is 102 cm³/mol. The highest BCUT2D eigenvalue weighted by Gasteiger charge is 2.13. The molecule has 0 spiro atoms. The third kappa shape index (κ3) is 5.18. The number of benzene rings is 2. The molecule has 0 bridgehead atoms. The third-order valence-electron chi connectivity index (χ3n) is 4.33. The van der Waals surface area contributed by atoms with Crippen molar-refractivity contribution in [1.82, 2.24) is 4.90 Å². The van der Waals surface area contributed by atoms with E-state index in [0.29, 0.717) is 30.8 Å². The van der Waals surface area contributed by atoms with Crippen molar-refractivity contribution in [3.63, 3.8) is 0 Å². The number of amides is 2. The van der Waals surface area contributed by atoms with E-state index in [4.69, 9.17) is 0 Å². The van der Waals surface area contributed by atoms with E-state index < -0.39 is 0 Å². The molecule has 1 atom stereocenters. The molecule has 1 unspecified atom stereocenters. The van der Waals surface area contributed by atoms with Gasteiger partial charge in [0.1, 0.15) is 0 Å². The highest BCUT2D eigenvalue weighted by Crippen LogP contribution is 2.19. The molecule has 132 valence electrons. The molecule has 2 aromatic rings. The van der Waals surface area contributed by atoms with Gasteiger partial charge in [0.2, 0.25) is 5.91 Å². The molecule has 2 aromatic carbocycles. The first-order chi connectivity index (χ1) is 12.0. The molecule has 0 aliphatic carbocycles. The van der Waals surface area contributed by atoms with E-state index in [1.165, 1.54) is 0 Å². The van der Waals surface area contributed by atoms with Crippen molar-refractivity contribution in [2.45, 2.75) is 33.1 Å². The highest BCUT2D eigenvalue weighted by atomic mass is 16.2. The van der Waals surface area contributed by atoms with Gasteiger partial charge in [-0.2, -0.15) is 0 Å². The summed E-state index contributed by atoms with van der Waals surface area (Å²) in [7, 11) is 0. The van der Waals surface area contributed by atoms with E-state index in [0.717, 1.165) is 5.56 Å². The Morgan fingerprint density at radius 2 is 1.56 bits per heavy atom. The molecule has 0 aromatic heterocycles. The molecular formula is C21H26N2O2. The van der Waals surface area contributed by atoms with Crippen LogP contribution in [0.3, 0.4) is 0 Å². The summed E-state index contributed by atoms with van der Waals surface area (Å²) in [6.45, 7) is 7.34. The van der Waals surface area contributed by atoms with Gasteiger partial charge >= 0.3 is 0 Å². The highest BCUT2D eigenvalue weighted by molar-refractivity contribution is 5.96. The fourth-order valence-electron chi connectivity index (χ4n) is 2.78. The third-order valence-corrected chi connectivity index (χ3v) is 4.33. The number of carbonyl (C=O) groups is 2. The van der Waals surface area contributed by atoms with Crippen LogP contribution in [0.2, 0.25) is 0 Å². The summed E-state index contributed by atoms with van der Waals surface area (Å²) in [5.74, 6) is 0.143. The molecule has 0 radical (unpaired) electrons. The van der Waals surface area contributed by atoms with Crippen LogP contribution in [0, 0.1) is 0 Å². The first-order valence-corrected chi connectivity index (χ1v) is 8.79. The second kappa shape index (κ2) is 9.02. The Labute approximate surface area is 149 Å². The van der Waals surface area contributed by atoms with E-state index in [1.807, 2.05) is 51.1 Å². The summed E-state index contributed by atoms with van der Waals surface area (Å²) in [5, 5.41) is 2.90. The second-order valence-electron chi connectivity index (χ2n) is 6.12. The lowest BCUT2D eigenvalue weighted by Crippen LogP contribution is -2.30. The number of hydrogen-bond donors (Lipinski definition) is 1. The number of carbonyl (C=O) groups excluding carboxylic acids is 2. The summed E-state index contributed by atoms with van der Waals surface area (Å²) < 4.78 is 0. The van der Waals surface area contributed by atoms with Gasteiger partial charge in [-0.1, -0.05) is 37.3 Å². The van der Waals surface area contributed by atoms with Crippen LogP contribution in [0.4, 0.5) is 5.69 Å². The van der Waals surface area contributed by atoms with E-state index in [-0.39, 0.29) is 17.7 Å². The van der Waals surface area contributed by atoms with Crippen LogP contribution < -0.4 is 5.32 Å². The van der Waals surface area contributed by atoms with Gasteiger partial charge in [0.25, 0.3) is 5.91 Å². The van der Waals surface area contributed by atoms with Crippen LogP contribution in [0.1, 0.15) is 49.0 Å². The summed E-state index contributed by atoms with van der Waals surface area (Å²) in [4.78, 5) is 26.3. The minimum atomic E-state index is -0.0285. The molecule has 25 heavy (non-hydrogen) atoms. The van der Waals surface area contributed by atoms with Crippen LogP contribution in [-0.2, 0) is 4.79 Å². The number of nitrogens with one attached hydrogen (secondary N) is 1. The number of rotatable bonds is 7. The van der Waals surface area contributed by atoms with Crippen LogP contribution in [0.25, 0.3) is 0 Å². The topological polar surface area (TPSA) is 49.4 Å². The zero-order chi connectivity index (χ0) is 18.2. The Morgan fingerprint density at radius 1 is 0.960 bits per heavy atom. The lowest BCUT2D eigenvalue weighted by atomic mass is 9.97. The lowest BCUT2D eigenvalue weighted by Gasteiger charge is -2.18. The Kier molecular flexibility index (Phi) is 6.75. The van der Waals surface area contributed by atoms with Crippen molar-refractivity contribution in [3.05, 3.63) is 65.7 Å². The van der Waals surface area contributed by atoms with Crippen LogP contribution in [0.15, 0.2) is 54.6 Å². The molecule has 0 heterocycles. The molecule has 0 aliphatic rings. The van der Waals surface area contributed by atoms with Gasteiger partial charge in [-0.05, 0) is 49.6 Å². The average molecular weight is 338 g/mol. The molecule has 4 heteroatoms. The van der Waals surface area contributed by atoms with Crippen molar-refractivity contribution in [2.24, 2.45) is 0 Å². The van der Waals surface area contributed by atoms with E-state index >= 15 is 0 Å². The first-order valence-electron chi connectivity index (χ1n) is 8.79. The Hall–Kier alpha value is -2.62. The van der Waals surface area contributed by atoms with Gasteiger partial charge in [-0.15, -0.1) is 0 Å². The number of nitrogens with zero attached hydrogens (tertiary/aromatic N) is 1. The summed E-state index contributed by atoms with van der Waals surface area (Å²) in [6.07, 6.45) is 0.421. The zero-order valence-corrected chi connectivity index (χ0v) is 15.2. The van der Waals surface area contributed by atoms with Gasteiger partial charge in [0.15, 0.2) is 0 Å². The molecular weight excluding hydrogens is 312 g/mol.